The van der Waals surface area contributed by atoms with Gasteiger partial charge in [-0.05, 0) is 12.1 Å². The Bertz CT molecular complexity index is 803. The number of thiazole rings is 1. The summed E-state index contributed by atoms with van der Waals surface area (Å²) in [6.07, 6.45) is 3.30. The van der Waals surface area contributed by atoms with Gasteiger partial charge in [0.1, 0.15) is 5.75 Å². The summed E-state index contributed by atoms with van der Waals surface area (Å²) in [5.41, 5.74) is 0.783. The fourth-order valence-corrected chi connectivity index (χ4v) is 2.75. The fourth-order valence-electron chi connectivity index (χ4n) is 1.68. The van der Waals surface area contributed by atoms with Crippen LogP contribution in [0.3, 0.4) is 0 Å². The molecule has 0 amide bonds. The van der Waals surface area contributed by atoms with Crippen molar-refractivity contribution in [3.05, 3.63) is 46.7 Å². The van der Waals surface area contributed by atoms with Crippen LogP contribution in [0.5, 0.6) is 10.9 Å². The van der Waals surface area contributed by atoms with Gasteiger partial charge in [0.2, 0.25) is 0 Å². The standard InChI is InChI=1S/C13H9ClN4O3S/c1-20-12(19)10-11(14)16-13(22-10)21-9-4-2-3-8(7-9)18-6-5-15-17-18/h2-7H,1H3. The minimum Gasteiger partial charge on any atom is -0.465 e. The molecule has 1 aromatic carbocycles. The maximum absolute atomic E-state index is 11.5. The molecule has 2 heterocycles. The number of esters is 1. The SMILES string of the molecule is COC(=O)c1sc(Oc2cccc(-n3ccnn3)c2)nc1Cl. The van der Waals surface area contributed by atoms with Crippen LogP contribution in [0.15, 0.2) is 36.7 Å². The van der Waals surface area contributed by atoms with Crippen LogP contribution in [0.4, 0.5) is 0 Å². The average molecular weight is 337 g/mol. The Morgan fingerprint density at radius 2 is 2.27 bits per heavy atom. The second-order valence-electron chi connectivity index (χ2n) is 4.04. The lowest BCUT2D eigenvalue weighted by Crippen LogP contribution is -1.98. The monoisotopic (exact) mass is 336 g/mol. The molecule has 9 heteroatoms. The number of methoxy groups -OCH3 is 1. The van der Waals surface area contributed by atoms with Gasteiger partial charge in [-0.3, -0.25) is 0 Å². The van der Waals surface area contributed by atoms with Gasteiger partial charge in [0.05, 0.1) is 25.2 Å². The van der Waals surface area contributed by atoms with Gasteiger partial charge in [-0.1, -0.05) is 34.2 Å². The number of carbonyl (C=O) groups is 1. The highest BCUT2D eigenvalue weighted by Gasteiger charge is 2.18. The molecule has 112 valence electrons. The van der Waals surface area contributed by atoms with Crippen LogP contribution in [0.25, 0.3) is 5.69 Å². The quantitative estimate of drug-likeness (QED) is 0.681. The van der Waals surface area contributed by atoms with Gasteiger partial charge in [-0.25, -0.2) is 9.48 Å². The molecular weight excluding hydrogens is 328 g/mol. The first kappa shape index (κ1) is 14.5. The summed E-state index contributed by atoms with van der Waals surface area (Å²) in [5, 5.41) is 7.96. The molecule has 0 fully saturated rings. The Kier molecular flexibility index (Phi) is 4.03. The van der Waals surface area contributed by atoms with Crippen molar-refractivity contribution in [2.45, 2.75) is 0 Å². The van der Waals surface area contributed by atoms with Crippen molar-refractivity contribution in [1.82, 2.24) is 20.0 Å². The van der Waals surface area contributed by atoms with Crippen molar-refractivity contribution in [3.8, 4) is 16.6 Å². The number of halogens is 1. The van der Waals surface area contributed by atoms with E-state index in [-0.39, 0.29) is 15.2 Å². The molecule has 0 aliphatic carbocycles. The van der Waals surface area contributed by atoms with E-state index in [2.05, 4.69) is 20.0 Å². The molecule has 0 spiro atoms. The number of hydrogen-bond acceptors (Lipinski definition) is 7. The summed E-state index contributed by atoms with van der Waals surface area (Å²) in [4.78, 5) is 15.7. The predicted octanol–water partition coefficient (Wildman–Crippen LogP) is 2.96. The third kappa shape index (κ3) is 2.92. The van der Waals surface area contributed by atoms with E-state index in [1.165, 1.54) is 7.11 Å². The first-order valence-corrected chi connectivity index (χ1v) is 7.26. The number of ether oxygens (including phenoxy) is 2. The highest BCUT2D eigenvalue weighted by Crippen LogP contribution is 2.32. The lowest BCUT2D eigenvalue weighted by Gasteiger charge is -2.04. The third-order valence-corrected chi connectivity index (χ3v) is 3.95. The summed E-state index contributed by atoms with van der Waals surface area (Å²) < 4.78 is 11.8. The van der Waals surface area contributed by atoms with Gasteiger partial charge < -0.3 is 9.47 Å². The Morgan fingerprint density at radius 1 is 1.41 bits per heavy atom. The van der Waals surface area contributed by atoms with Crippen LogP contribution in [0.2, 0.25) is 5.15 Å². The Morgan fingerprint density at radius 3 is 3.00 bits per heavy atom. The van der Waals surface area contributed by atoms with E-state index in [0.29, 0.717) is 5.75 Å². The number of nitrogens with zero attached hydrogens (tertiary/aromatic N) is 4. The van der Waals surface area contributed by atoms with Crippen molar-refractivity contribution < 1.29 is 14.3 Å². The summed E-state index contributed by atoms with van der Waals surface area (Å²) in [5.74, 6) is -0.0106. The molecule has 0 atom stereocenters. The van der Waals surface area contributed by atoms with E-state index < -0.39 is 5.97 Å². The minimum atomic E-state index is -0.547. The molecule has 2 aromatic heterocycles. The molecule has 3 aromatic rings. The lowest BCUT2D eigenvalue weighted by atomic mass is 10.3. The number of aromatic nitrogens is 4. The molecule has 0 radical (unpaired) electrons. The smallest absolute Gasteiger partial charge is 0.351 e. The molecule has 0 aliphatic rings. The lowest BCUT2D eigenvalue weighted by molar-refractivity contribution is 0.0606. The zero-order valence-corrected chi connectivity index (χ0v) is 12.8. The van der Waals surface area contributed by atoms with Crippen molar-refractivity contribution in [1.29, 1.82) is 0 Å². The summed E-state index contributed by atoms with van der Waals surface area (Å²) >= 11 is 6.91. The molecule has 0 unspecified atom stereocenters. The van der Waals surface area contributed by atoms with Crippen LogP contribution in [0, 0.1) is 0 Å². The largest absolute Gasteiger partial charge is 0.465 e. The summed E-state index contributed by atoms with van der Waals surface area (Å²) in [6.45, 7) is 0. The van der Waals surface area contributed by atoms with Crippen LogP contribution in [-0.4, -0.2) is 33.1 Å². The normalized spacial score (nSPS) is 10.5. The van der Waals surface area contributed by atoms with Crippen molar-refractivity contribution in [3.63, 3.8) is 0 Å². The van der Waals surface area contributed by atoms with Crippen molar-refractivity contribution in [2.24, 2.45) is 0 Å². The summed E-state index contributed by atoms with van der Waals surface area (Å²) in [6, 6.07) is 7.19. The molecule has 0 saturated carbocycles. The van der Waals surface area contributed by atoms with E-state index in [0.717, 1.165) is 17.0 Å². The van der Waals surface area contributed by atoms with Gasteiger partial charge in [-0.2, -0.15) is 4.98 Å². The van der Waals surface area contributed by atoms with Gasteiger partial charge in [0, 0.05) is 6.07 Å². The second kappa shape index (κ2) is 6.12. The van der Waals surface area contributed by atoms with E-state index in [1.807, 2.05) is 12.1 Å². The Hall–Kier alpha value is -2.45. The maximum Gasteiger partial charge on any atom is 0.351 e. The van der Waals surface area contributed by atoms with Crippen molar-refractivity contribution >= 4 is 28.9 Å². The number of carbonyl (C=O) groups excluding carboxylic acids is 1. The average Bonchev–Trinajstić information content (AvgIpc) is 3.17. The van der Waals surface area contributed by atoms with Gasteiger partial charge >= 0.3 is 5.97 Å². The minimum absolute atomic E-state index is 0.0549. The molecule has 0 N–H and O–H groups in total. The van der Waals surface area contributed by atoms with Gasteiger partial charge in [0.15, 0.2) is 10.0 Å². The molecule has 0 saturated heterocycles. The highest BCUT2D eigenvalue weighted by molar-refractivity contribution is 7.15. The van der Waals surface area contributed by atoms with E-state index in [9.17, 15) is 4.79 Å². The van der Waals surface area contributed by atoms with E-state index in [4.69, 9.17) is 16.3 Å². The molecule has 22 heavy (non-hydrogen) atoms. The number of benzene rings is 1. The molecule has 0 bridgehead atoms. The topological polar surface area (TPSA) is 79.1 Å². The van der Waals surface area contributed by atoms with Crippen molar-refractivity contribution in [2.75, 3.05) is 7.11 Å². The van der Waals surface area contributed by atoms with E-state index in [1.54, 1.807) is 29.2 Å². The molecular formula is C13H9ClN4O3S. The fraction of sp³-hybridized carbons (Fsp3) is 0.0769. The highest BCUT2D eigenvalue weighted by atomic mass is 35.5. The Balaban J connectivity index is 1.85. The van der Waals surface area contributed by atoms with Gasteiger partial charge in [-0.15, -0.1) is 5.10 Å². The van der Waals surface area contributed by atoms with Gasteiger partial charge in [0.25, 0.3) is 5.19 Å². The number of rotatable bonds is 4. The molecule has 7 nitrogen and oxygen atoms in total. The first-order chi connectivity index (χ1) is 10.7. The van der Waals surface area contributed by atoms with Crippen LogP contribution >= 0.6 is 22.9 Å². The van der Waals surface area contributed by atoms with Crippen LogP contribution in [-0.2, 0) is 4.74 Å². The Labute approximate surface area is 134 Å². The zero-order valence-electron chi connectivity index (χ0n) is 11.3. The maximum atomic E-state index is 11.5. The number of hydrogen-bond donors (Lipinski definition) is 0. The second-order valence-corrected chi connectivity index (χ2v) is 5.36. The van der Waals surface area contributed by atoms with Crippen LogP contribution in [0.1, 0.15) is 9.67 Å². The van der Waals surface area contributed by atoms with Crippen LogP contribution < -0.4 is 4.74 Å². The summed E-state index contributed by atoms with van der Waals surface area (Å²) in [7, 11) is 1.28. The molecule has 0 aliphatic heterocycles. The molecule has 3 rings (SSSR count). The van der Waals surface area contributed by atoms with E-state index >= 15 is 0 Å². The third-order valence-electron chi connectivity index (χ3n) is 2.65. The zero-order chi connectivity index (χ0) is 15.5. The first-order valence-electron chi connectivity index (χ1n) is 6.06. The predicted molar refractivity (Wildman–Crippen MR) is 79.9 cm³/mol.